The minimum absolute atomic E-state index is 0.544. The molecule has 0 atom stereocenters. The molecule has 0 aliphatic carbocycles. The van der Waals surface area contributed by atoms with Crippen LogP contribution in [0.15, 0.2) is 12.1 Å². The SMILES string of the molecule is CCCCCCCCCCc1cc(C)c(O)c(CCCCCCCCCC)c1. The van der Waals surface area contributed by atoms with Crippen LogP contribution >= 0.6 is 0 Å². The fraction of sp³-hybridized carbons (Fsp3) is 0.778. The van der Waals surface area contributed by atoms with E-state index >= 15 is 0 Å². The lowest BCUT2D eigenvalue weighted by atomic mass is 9.96. The molecule has 1 heteroatoms. The molecular weight excluding hydrogens is 340 g/mol. The molecule has 0 saturated carbocycles. The zero-order chi connectivity index (χ0) is 20.5. The first-order chi connectivity index (χ1) is 13.7. The normalized spacial score (nSPS) is 11.2. The van der Waals surface area contributed by atoms with E-state index in [2.05, 4.69) is 32.9 Å². The van der Waals surface area contributed by atoms with Crippen molar-refractivity contribution in [1.82, 2.24) is 0 Å². The van der Waals surface area contributed by atoms with Crippen molar-refractivity contribution in [2.24, 2.45) is 0 Å². The van der Waals surface area contributed by atoms with Crippen molar-refractivity contribution in [2.45, 2.75) is 136 Å². The van der Waals surface area contributed by atoms with Crippen LogP contribution in [0, 0.1) is 6.92 Å². The van der Waals surface area contributed by atoms with Crippen LogP contribution in [0.2, 0.25) is 0 Å². The molecule has 0 aromatic heterocycles. The average Bonchev–Trinajstić information content (AvgIpc) is 2.69. The van der Waals surface area contributed by atoms with E-state index < -0.39 is 0 Å². The van der Waals surface area contributed by atoms with Crippen molar-refractivity contribution in [3.8, 4) is 5.75 Å². The maximum atomic E-state index is 10.4. The number of rotatable bonds is 18. The summed E-state index contributed by atoms with van der Waals surface area (Å²) in [4.78, 5) is 0. The lowest BCUT2D eigenvalue weighted by Gasteiger charge is -2.11. The molecule has 28 heavy (non-hydrogen) atoms. The number of phenols is 1. The summed E-state index contributed by atoms with van der Waals surface area (Å²) in [5.74, 6) is 0.544. The number of benzene rings is 1. The summed E-state index contributed by atoms with van der Waals surface area (Å²) in [6.45, 7) is 6.61. The second-order valence-corrected chi connectivity index (χ2v) is 8.87. The molecule has 1 rings (SSSR count). The van der Waals surface area contributed by atoms with E-state index in [-0.39, 0.29) is 0 Å². The highest BCUT2D eigenvalue weighted by molar-refractivity contribution is 5.43. The van der Waals surface area contributed by atoms with Gasteiger partial charge in [0.05, 0.1) is 0 Å². The Bertz CT molecular complexity index is 491. The van der Waals surface area contributed by atoms with Crippen molar-refractivity contribution in [3.05, 3.63) is 28.8 Å². The molecule has 1 N–H and O–H groups in total. The number of aryl methyl sites for hydroxylation is 3. The Balaban J connectivity index is 2.25. The van der Waals surface area contributed by atoms with Gasteiger partial charge in [-0.25, -0.2) is 0 Å². The van der Waals surface area contributed by atoms with Crippen LogP contribution in [-0.2, 0) is 12.8 Å². The van der Waals surface area contributed by atoms with Gasteiger partial charge < -0.3 is 5.11 Å². The zero-order valence-corrected chi connectivity index (χ0v) is 19.3. The maximum absolute atomic E-state index is 10.4. The standard InChI is InChI=1S/C27H48O/c1-4-6-8-10-12-14-16-18-20-25-22-24(3)27(28)26(23-25)21-19-17-15-13-11-9-7-5-2/h22-23,28H,4-21H2,1-3H3. The van der Waals surface area contributed by atoms with Gasteiger partial charge in [0.2, 0.25) is 0 Å². The van der Waals surface area contributed by atoms with Gasteiger partial charge >= 0.3 is 0 Å². The number of phenolic OH excluding ortho intramolecular Hbond substituents is 1. The Labute approximate surface area is 176 Å². The predicted molar refractivity (Wildman–Crippen MR) is 125 cm³/mol. The molecule has 0 spiro atoms. The molecule has 0 unspecified atom stereocenters. The Morgan fingerprint density at radius 2 is 1.00 bits per heavy atom. The summed E-state index contributed by atoms with van der Waals surface area (Å²) in [6, 6.07) is 4.48. The monoisotopic (exact) mass is 388 g/mol. The summed E-state index contributed by atoms with van der Waals surface area (Å²) in [6.07, 6.45) is 23.9. The van der Waals surface area contributed by atoms with E-state index in [1.54, 1.807) is 0 Å². The number of hydrogen-bond donors (Lipinski definition) is 1. The van der Waals surface area contributed by atoms with Gasteiger partial charge in [0.15, 0.2) is 0 Å². The van der Waals surface area contributed by atoms with Crippen LogP contribution in [0.5, 0.6) is 5.75 Å². The second-order valence-electron chi connectivity index (χ2n) is 8.87. The molecule has 0 heterocycles. The topological polar surface area (TPSA) is 20.2 Å². The third kappa shape index (κ3) is 11.8. The summed E-state index contributed by atoms with van der Waals surface area (Å²) in [5, 5.41) is 10.4. The molecule has 0 radical (unpaired) electrons. The van der Waals surface area contributed by atoms with Crippen molar-refractivity contribution < 1.29 is 5.11 Å². The van der Waals surface area contributed by atoms with Crippen LogP contribution < -0.4 is 0 Å². The highest BCUT2D eigenvalue weighted by Crippen LogP contribution is 2.27. The van der Waals surface area contributed by atoms with Gasteiger partial charge in [-0.15, -0.1) is 0 Å². The van der Waals surface area contributed by atoms with E-state index in [0.717, 1.165) is 12.0 Å². The Kier molecular flexibility index (Phi) is 15.1. The van der Waals surface area contributed by atoms with E-state index in [9.17, 15) is 5.11 Å². The Morgan fingerprint density at radius 1 is 0.571 bits per heavy atom. The van der Waals surface area contributed by atoms with Gasteiger partial charge in [-0.1, -0.05) is 116 Å². The van der Waals surface area contributed by atoms with Crippen molar-refractivity contribution >= 4 is 0 Å². The van der Waals surface area contributed by atoms with Crippen molar-refractivity contribution in [3.63, 3.8) is 0 Å². The van der Waals surface area contributed by atoms with Crippen LogP contribution in [-0.4, -0.2) is 5.11 Å². The van der Waals surface area contributed by atoms with Gasteiger partial charge in [-0.05, 0) is 49.3 Å². The van der Waals surface area contributed by atoms with E-state index in [0.29, 0.717) is 5.75 Å². The molecule has 0 saturated heterocycles. The summed E-state index contributed by atoms with van der Waals surface area (Å²) in [5.41, 5.74) is 3.67. The van der Waals surface area contributed by atoms with Gasteiger partial charge in [0, 0.05) is 0 Å². The average molecular weight is 389 g/mol. The van der Waals surface area contributed by atoms with E-state index in [1.165, 1.54) is 120 Å². The smallest absolute Gasteiger partial charge is 0.121 e. The molecule has 0 bridgehead atoms. The fourth-order valence-electron chi connectivity index (χ4n) is 4.18. The highest BCUT2D eigenvalue weighted by atomic mass is 16.3. The molecule has 0 fully saturated rings. The fourth-order valence-corrected chi connectivity index (χ4v) is 4.18. The van der Waals surface area contributed by atoms with Crippen molar-refractivity contribution in [1.29, 1.82) is 0 Å². The summed E-state index contributed by atoms with van der Waals surface area (Å²) >= 11 is 0. The van der Waals surface area contributed by atoms with Crippen LogP contribution in [0.1, 0.15) is 133 Å². The van der Waals surface area contributed by atoms with Gasteiger partial charge in [-0.2, -0.15) is 0 Å². The maximum Gasteiger partial charge on any atom is 0.121 e. The Morgan fingerprint density at radius 3 is 1.50 bits per heavy atom. The first kappa shape index (κ1) is 25.1. The summed E-state index contributed by atoms with van der Waals surface area (Å²) in [7, 11) is 0. The van der Waals surface area contributed by atoms with Gasteiger partial charge in [0.25, 0.3) is 0 Å². The molecule has 1 aromatic carbocycles. The second kappa shape index (κ2) is 16.9. The number of hydrogen-bond acceptors (Lipinski definition) is 1. The molecule has 1 nitrogen and oxygen atoms in total. The first-order valence-electron chi connectivity index (χ1n) is 12.5. The molecule has 0 aliphatic heterocycles. The number of aromatic hydroxyl groups is 1. The number of unbranched alkanes of at least 4 members (excludes halogenated alkanes) is 14. The minimum Gasteiger partial charge on any atom is -0.507 e. The van der Waals surface area contributed by atoms with E-state index in [1.807, 2.05) is 0 Å². The largest absolute Gasteiger partial charge is 0.507 e. The molecule has 1 aromatic rings. The lowest BCUT2D eigenvalue weighted by Crippen LogP contribution is -1.94. The van der Waals surface area contributed by atoms with Gasteiger partial charge in [-0.3, -0.25) is 0 Å². The van der Waals surface area contributed by atoms with Gasteiger partial charge in [0.1, 0.15) is 5.75 Å². The van der Waals surface area contributed by atoms with Crippen LogP contribution in [0.25, 0.3) is 0 Å². The van der Waals surface area contributed by atoms with E-state index in [4.69, 9.17) is 0 Å². The third-order valence-corrected chi connectivity index (χ3v) is 6.06. The van der Waals surface area contributed by atoms with Crippen LogP contribution in [0.4, 0.5) is 0 Å². The zero-order valence-electron chi connectivity index (χ0n) is 19.3. The van der Waals surface area contributed by atoms with Crippen molar-refractivity contribution in [2.75, 3.05) is 0 Å². The molecular formula is C27H48O. The lowest BCUT2D eigenvalue weighted by molar-refractivity contribution is 0.461. The Hall–Kier alpha value is -0.980. The molecule has 0 aliphatic rings. The molecule has 162 valence electrons. The summed E-state index contributed by atoms with van der Waals surface area (Å²) < 4.78 is 0. The third-order valence-electron chi connectivity index (χ3n) is 6.06. The van der Waals surface area contributed by atoms with Crippen LogP contribution in [0.3, 0.4) is 0 Å². The first-order valence-corrected chi connectivity index (χ1v) is 12.5. The predicted octanol–water partition coefficient (Wildman–Crippen LogP) is 9.07. The minimum atomic E-state index is 0.544. The molecule has 0 amide bonds. The quantitative estimate of drug-likeness (QED) is 0.249. The highest BCUT2D eigenvalue weighted by Gasteiger charge is 2.07.